The first kappa shape index (κ1) is 15.2. The fraction of sp³-hybridized carbons (Fsp3) is 0.133. The van der Waals surface area contributed by atoms with Gasteiger partial charge in [0.1, 0.15) is 12.4 Å². The molecule has 0 heterocycles. The number of rotatable bonds is 4. The highest BCUT2D eigenvalue weighted by molar-refractivity contribution is 6.17. The van der Waals surface area contributed by atoms with Crippen LogP contribution in [-0.4, -0.2) is 0 Å². The minimum atomic E-state index is -0.914. The molecule has 0 unspecified atom stereocenters. The highest BCUT2D eigenvalue weighted by Crippen LogP contribution is 2.25. The lowest BCUT2D eigenvalue weighted by atomic mass is 10.1. The van der Waals surface area contributed by atoms with Crippen LogP contribution in [0.5, 0.6) is 5.75 Å². The topological polar surface area (TPSA) is 33.0 Å². The molecule has 6 heteroatoms. The van der Waals surface area contributed by atoms with Crippen LogP contribution < -0.4 is 4.74 Å². The fourth-order valence-corrected chi connectivity index (χ4v) is 1.89. The lowest BCUT2D eigenvalue weighted by Crippen LogP contribution is -2.03. The zero-order valence-electron chi connectivity index (χ0n) is 10.7. The molecular formula is C15H9ClF3NO. The maximum Gasteiger partial charge on any atom is 0.191 e. The maximum atomic E-state index is 13.7. The number of hydrogen-bond acceptors (Lipinski definition) is 2. The van der Waals surface area contributed by atoms with Crippen LogP contribution in [0.3, 0.4) is 0 Å². The van der Waals surface area contributed by atoms with Crippen molar-refractivity contribution >= 4 is 11.6 Å². The molecule has 2 aromatic rings. The van der Waals surface area contributed by atoms with Crippen molar-refractivity contribution < 1.29 is 17.9 Å². The molecule has 108 valence electrons. The Morgan fingerprint density at radius 1 is 1.05 bits per heavy atom. The molecule has 0 aromatic heterocycles. The predicted octanol–water partition coefficient (Wildman–Crippen LogP) is 4.29. The van der Waals surface area contributed by atoms with Crippen molar-refractivity contribution in [2.45, 2.75) is 12.5 Å². The molecule has 2 nitrogen and oxygen atoms in total. The van der Waals surface area contributed by atoms with Crippen molar-refractivity contribution in [1.29, 1.82) is 5.26 Å². The van der Waals surface area contributed by atoms with Crippen molar-refractivity contribution in [1.82, 2.24) is 0 Å². The SMILES string of the molecule is N#Cc1ccc(F)c(COc2c(F)cc(CCl)cc2F)c1. The van der Waals surface area contributed by atoms with Gasteiger partial charge < -0.3 is 4.74 Å². The van der Waals surface area contributed by atoms with E-state index in [2.05, 4.69) is 0 Å². The molecule has 0 spiro atoms. The second-order valence-corrected chi connectivity index (χ2v) is 4.50. The van der Waals surface area contributed by atoms with E-state index in [0.29, 0.717) is 0 Å². The summed E-state index contributed by atoms with van der Waals surface area (Å²) in [7, 11) is 0. The number of nitrogens with zero attached hydrogens (tertiary/aromatic N) is 1. The van der Waals surface area contributed by atoms with Gasteiger partial charge in [-0.25, -0.2) is 13.2 Å². The van der Waals surface area contributed by atoms with Crippen LogP contribution in [0.25, 0.3) is 0 Å². The number of nitriles is 1. The van der Waals surface area contributed by atoms with Crippen molar-refractivity contribution in [2.24, 2.45) is 0 Å². The first-order valence-corrected chi connectivity index (χ1v) is 6.43. The molecule has 2 rings (SSSR count). The van der Waals surface area contributed by atoms with Crippen LogP contribution >= 0.6 is 11.6 Å². The Hall–Kier alpha value is -2.19. The molecule has 0 bridgehead atoms. The van der Waals surface area contributed by atoms with Crippen LogP contribution in [0.2, 0.25) is 0 Å². The summed E-state index contributed by atoms with van der Waals surface area (Å²) in [5.74, 6) is -3.09. The van der Waals surface area contributed by atoms with Gasteiger partial charge in [-0.15, -0.1) is 11.6 Å². The Kier molecular flexibility index (Phi) is 4.71. The number of halogens is 4. The lowest BCUT2D eigenvalue weighted by molar-refractivity contribution is 0.269. The Balaban J connectivity index is 2.23. The standard InChI is InChI=1S/C15H9ClF3NO/c16-6-10-4-13(18)15(14(19)5-10)21-8-11-3-9(7-20)1-2-12(11)17/h1-5H,6,8H2. The van der Waals surface area contributed by atoms with Gasteiger partial charge in [0.05, 0.1) is 11.6 Å². The molecule has 21 heavy (non-hydrogen) atoms. The summed E-state index contributed by atoms with van der Waals surface area (Å²) in [5, 5.41) is 8.74. The van der Waals surface area contributed by atoms with Crippen LogP contribution in [0.15, 0.2) is 30.3 Å². The third-order valence-corrected chi connectivity index (χ3v) is 3.07. The van der Waals surface area contributed by atoms with E-state index in [9.17, 15) is 13.2 Å². The van der Waals surface area contributed by atoms with E-state index in [0.717, 1.165) is 18.2 Å². The molecule has 0 fully saturated rings. The van der Waals surface area contributed by atoms with E-state index in [1.54, 1.807) is 0 Å². The Bertz CT molecular complexity index is 690. The van der Waals surface area contributed by atoms with Gasteiger partial charge in [-0.05, 0) is 35.9 Å². The summed E-state index contributed by atoms with van der Waals surface area (Å²) in [6, 6.07) is 7.60. The van der Waals surface area contributed by atoms with E-state index in [1.807, 2.05) is 6.07 Å². The molecule has 0 N–H and O–H groups in total. The van der Waals surface area contributed by atoms with Crippen LogP contribution in [0, 0.1) is 28.8 Å². The van der Waals surface area contributed by atoms with Gasteiger partial charge in [0, 0.05) is 11.4 Å². The Morgan fingerprint density at radius 2 is 1.71 bits per heavy atom. The minimum absolute atomic E-state index is 0.0348. The molecular weight excluding hydrogens is 303 g/mol. The van der Waals surface area contributed by atoms with Crippen LogP contribution in [-0.2, 0) is 12.5 Å². The van der Waals surface area contributed by atoms with Crippen molar-refractivity contribution in [3.63, 3.8) is 0 Å². The molecule has 0 aliphatic rings. The summed E-state index contributed by atoms with van der Waals surface area (Å²) in [6.45, 7) is -0.393. The molecule has 0 aliphatic carbocycles. The second kappa shape index (κ2) is 6.51. The fourth-order valence-electron chi connectivity index (χ4n) is 1.73. The van der Waals surface area contributed by atoms with Gasteiger partial charge in [-0.2, -0.15) is 5.26 Å². The third kappa shape index (κ3) is 3.47. The van der Waals surface area contributed by atoms with Crippen molar-refractivity contribution in [2.75, 3.05) is 0 Å². The summed E-state index contributed by atoms with van der Waals surface area (Å²) in [6.07, 6.45) is 0. The van der Waals surface area contributed by atoms with Gasteiger partial charge in [0.25, 0.3) is 0 Å². The molecule has 0 aliphatic heterocycles. The Labute approximate surface area is 124 Å². The molecule has 0 saturated carbocycles. The summed E-state index contributed by atoms with van der Waals surface area (Å²) < 4.78 is 45.9. The second-order valence-electron chi connectivity index (χ2n) is 4.23. The first-order valence-electron chi connectivity index (χ1n) is 5.90. The molecule has 0 atom stereocenters. The van der Waals surface area contributed by atoms with Crippen molar-refractivity contribution in [3.05, 3.63) is 64.5 Å². The summed E-state index contributed by atoms with van der Waals surface area (Å²) in [4.78, 5) is 0. The number of ether oxygens (including phenoxy) is 1. The van der Waals surface area contributed by atoms with Gasteiger partial charge >= 0.3 is 0 Å². The smallest absolute Gasteiger partial charge is 0.191 e. The zero-order chi connectivity index (χ0) is 15.4. The van der Waals surface area contributed by atoms with Crippen molar-refractivity contribution in [3.8, 4) is 11.8 Å². The van der Waals surface area contributed by atoms with Crippen LogP contribution in [0.4, 0.5) is 13.2 Å². The summed E-state index contributed by atoms with van der Waals surface area (Å²) >= 11 is 5.50. The third-order valence-electron chi connectivity index (χ3n) is 2.76. The lowest BCUT2D eigenvalue weighted by Gasteiger charge is -2.10. The van der Waals surface area contributed by atoms with E-state index in [1.165, 1.54) is 12.1 Å². The van der Waals surface area contributed by atoms with E-state index < -0.39 is 29.8 Å². The van der Waals surface area contributed by atoms with Gasteiger partial charge in [0.2, 0.25) is 0 Å². The van der Waals surface area contributed by atoms with Gasteiger partial charge in [0.15, 0.2) is 17.4 Å². The number of benzene rings is 2. The molecule has 0 saturated heterocycles. The van der Waals surface area contributed by atoms with Gasteiger partial charge in [-0.3, -0.25) is 0 Å². The Morgan fingerprint density at radius 3 is 2.29 bits per heavy atom. The summed E-state index contributed by atoms with van der Waals surface area (Å²) in [5.41, 5.74) is 0.541. The largest absolute Gasteiger partial charge is 0.483 e. The monoisotopic (exact) mass is 311 g/mol. The van der Waals surface area contributed by atoms with E-state index in [-0.39, 0.29) is 22.6 Å². The quantitative estimate of drug-likeness (QED) is 0.789. The van der Waals surface area contributed by atoms with E-state index in [4.69, 9.17) is 21.6 Å². The predicted molar refractivity (Wildman–Crippen MR) is 71.4 cm³/mol. The molecule has 2 aromatic carbocycles. The molecule has 0 amide bonds. The minimum Gasteiger partial charge on any atom is -0.483 e. The highest BCUT2D eigenvalue weighted by Gasteiger charge is 2.14. The maximum absolute atomic E-state index is 13.7. The number of hydrogen-bond donors (Lipinski definition) is 0. The first-order chi connectivity index (χ1) is 10.0. The average molecular weight is 312 g/mol. The van der Waals surface area contributed by atoms with Gasteiger partial charge in [-0.1, -0.05) is 0 Å². The molecule has 0 radical (unpaired) electrons. The zero-order valence-corrected chi connectivity index (χ0v) is 11.4. The van der Waals surface area contributed by atoms with Crippen LogP contribution in [0.1, 0.15) is 16.7 Å². The number of alkyl halides is 1. The highest BCUT2D eigenvalue weighted by atomic mass is 35.5. The normalized spacial score (nSPS) is 10.2. The van der Waals surface area contributed by atoms with E-state index >= 15 is 0 Å². The average Bonchev–Trinajstić information content (AvgIpc) is 2.47.